The van der Waals surface area contributed by atoms with Gasteiger partial charge in [-0.25, -0.2) is 0 Å². The summed E-state index contributed by atoms with van der Waals surface area (Å²) in [5.41, 5.74) is 3.58. The Bertz CT molecular complexity index is 1040. The lowest BCUT2D eigenvalue weighted by Gasteiger charge is -2.34. The van der Waals surface area contributed by atoms with E-state index in [2.05, 4.69) is 41.2 Å². The van der Waals surface area contributed by atoms with E-state index in [1.54, 1.807) is 14.0 Å². The van der Waals surface area contributed by atoms with E-state index in [1.165, 1.54) is 11.1 Å². The fourth-order valence-corrected chi connectivity index (χ4v) is 3.77. The first kappa shape index (κ1) is 21.9. The molecule has 2 aromatic carbocycles. The van der Waals surface area contributed by atoms with Gasteiger partial charge in [-0.3, -0.25) is 9.69 Å². The predicted octanol–water partition coefficient (Wildman–Crippen LogP) is 3.84. The molecule has 1 saturated heterocycles. The SMILES string of the molecule is COc1ccc(OCc2c(C(=O)N3CCN(Cc4ccc(C)cc4)CC3)noc2C)cc1. The molecule has 1 aliphatic rings. The summed E-state index contributed by atoms with van der Waals surface area (Å²) in [6.45, 7) is 7.99. The number of aromatic nitrogens is 1. The van der Waals surface area contributed by atoms with E-state index < -0.39 is 0 Å². The molecule has 168 valence electrons. The summed E-state index contributed by atoms with van der Waals surface area (Å²) in [6, 6.07) is 15.9. The largest absolute Gasteiger partial charge is 0.497 e. The van der Waals surface area contributed by atoms with Crippen molar-refractivity contribution in [2.24, 2.45) is 0 Å². The number of hydrogen-bond acceptors (Lipinski definition) is 6. The van der Waals surface area contributed by atoms with Gasteiger partial charge in [0.1, 0.15) is 23.9 Å². The third-order valence-electron chi connectivity index (χ3n) is 5.82. The number of benzene rings is 2. The second-order valence-electron chi connectivity index (χ2n) is 8.08. The molecule has 0 unspecified atom stereocenters. The summed E-state index contributed by atoms with van der Waals surface area (Å²) < 4.78 is 16.4. The molecule has 0 radical (unpaired) electrons. The minimum atomic E-state index is -0.106. The maximum absolute atomic E-state index is 13.1. The molecule has 0 saturated carbocycles. The lowest BCUT2D eigenvalue weighted by molar-refractivity contribution is 0.0616. The molecule has 1 aromatic heterocycles. The highest BCUT2D eigenvalue weighted by Crippen LogP contribution is 2.22. The van der Waals surface area contributed by atoms with Crippen molar-refractivity contribution in [1.82, 2.24) is 15.0 Å². The van der Waals surface area contributed by atoms with Gasteiger partial charge in [0, 0.05) is 32.7 Å². The summed E-state index contributed by atoms with van der Waals surface area (Å²) in [7, 11) is 1.62. The second kappa shape index (κ2) is 9.87. The second-order valence-corrected chi connectivity index (χ2v) is 8.08. The standard InChI is InChI=1S/C25H29N3O4/c1-18-4-6-20(7-5-18)16-27-12-14-28(15-13-27)25(29)24-23(19(2)32-26-24)17-31-22-10-8-21(30-3)9-11-22/h4-11H,12-17H2,1-3H3. The van der Waals surface area contributed by atoms with Crippen LogP contribution in [0.2, 0.25) is 0 Å². The highest BCUT2D eigenvalue weighted by atomic mass is 16.5. The monoisotopic (exact) mass is 435 g/mol. The Kier molecular flexibility index (Phi) is 6.75. The number of rotatable bonds is 7. The van der Waals surface area contributed by atoms with Gasteiger partial charge in [0.15, 0.2) is 5.69 Å². The Hall–Kier alpha value is -3.32. The normalized spacial score (nSPS) is 14.4. The number of aryl methyl sites for hydroxylation is 2. The van der Waals surface area contributed by atoms with Crippen LogP contribution in [0.3, 0.4) is 0 Å². The van der Waals surface area contributed by atoms with Crippen LogP contribution in [0.4, 0.5) is 0 Å². The van der Waals surface area contributed by atoms with Gasteiger partial charge in [-0.2, -0.15) is 0 Å². The van der Waals surface area contributed by atoms with Crippen LogP contribution in [0.25, 0.3) is 0 Å². The van der Waals surface area contributed by atoms with Gasteiger partial charge in [0.2, 0.25) is 0 Å². The van der Waals surface area contributed by atoms with E-state index in [-0.39, 0.29) is 12.5 Å². The summed E-state index contributed by atoms with van der Waals surface area (Å²) in [6.07, 6.45) is 0. The fourth-order valence-electron chi connectivity index (χ4n) is 3.77. The summed E-state index contributed by atoms with van der Waals surface area (Å²) in [4.78, 5) is 17.4. The molecule has 32 heavy (non-hydrogen) atoms. The zero-order valence-electron chi connectivity index (χ0n) is 18.8. The van der Waals surface area contributed by atoms with E-state index in [9.17, 15) is 4.79 Å². The Labute approximate surface area is 188 Å². The summed E-state index contributed by atoms with van der Waals surface area (Å²) in [5, 5.41) is 4.05. The molecule has 4 rings (SSSR count). The quantitative estimate of drug-likeness (QED) is 0.562. The van der Waals surface area contributed by atoms with Crippen molar-refractivity contribution in [1.29, 1.82) is 0 Å². The zero-order valence-corrected chi connectivity index (χ0v) is 18.8. The minimum absolute atomic E-state index is 0.106. The summed E-state index contributed by atoms with van der Waals surface area (Å²) >= 11 is 0. The molecule has 3 aromatic rings. The van der Waals surface area contributed by atoms with Crippen molar-refractivity contribution in [2.45, 2.75) is 27.0 Å². The Morgan fingerprint density at radius 2 is 1.62 bits per heavy atom. The minimum Gasteiger partial charge on any atom is -0.497 e. The van der Waals surface area contributed by atoms with Crippen molar-refractivity contribution in [2.75, 3.05) is 33.3 Å². The van der Waals surface area contributed by atoms with Crippen molar-refractivity contribution in [3.05, 3.63) is 76.7 Å². The smallest absolute Gasteiger partial charge is 0.276 e. The van der Waals surface area contributed by atoms with E-state index in [0.717, 1.165) is 25.4 Å². The number of piperazine rings is 1. The van der Waals surface area contributed by atoms with Crippen molar-refractivity contribution >= 4 is 5.91 Å². The number of nitrogens with zero attached hydrogens (tertiary/aromatic N) is 3. The van der Waals surface area contributed by atoms with Gasteiger partial charge in [-0.15, -0.1) is 0 Å². The molecule has 0 spiro atoms. The molecule has 1 aliphatic heterocycles. The first-order valence-electron chi connectivity index (χ1n) is 10.8. The van der Waals surface area contributed by atoms with Gasteiger partial charge in [0.25, 0.3) is 5.91 Å². The molecule has 2 heterocycles. The van der Waals surface area contributed by atoms with Gasteiger partial charge in [0.05, 0.1) is 12.7 Å². The number of carbonyl (C=O) groups is 1. The number of hydrogen-bond donors (Lipinski definition) is 0. The van der Waals surface area contributed by atoms with E-state index in [0.29, 0.717) is 35.9 Å². The molecule has 7 heteroatoms. The Balaban J connectivity index is 1.35. The third kappa shape index (κ3) is 5.11. The molecular formula is C25H29N3O4. The van der Waals surface area contributed by atoms with E-state index in [1.807, 2.05) is 29.2 Å². The average Bonchev–Trinajstić information content (AvgIpc) is 3.19. The van der Waals surface area contributed by atoms with Crippen LogP contribution in [-0.4, -0.2) is 54.2 Å². The number of carbonyl (C=O) groups excluding carboxylic acids is 1. The highest BCUT2D eigenvalue weighted by molar-refractivity contribution is 5.93. The van der Waals surface area contributed by atoms with Crippen molar-refractivity contribution in [3.8, 4) is 11.5 Å². The van der Waals surface area contributed by atoms with Crippen LogP contribution in [0.15, 0.2) is 53.1 Å². The lowest BCUT2D eigenvalue weighted by Crippen LogP contribution is -2.48. The van der Waals surface area contributed by atoms with E-state index >= 15 is 0 Å². The Morgan fingerprint density at radius 1 is 0.969 bits per heavy atom. The number of methoxy groups -OCH3 is 1. The number of ether oxygens (including phenoxy) is 2. The van der Waals surface area contributed by atoms with Gasteiger partial charge in [-0.05, 0) is 43.7 Å². The molecule has 1 fully saturated rings. The molecule has 0 atom stereocenters. The predicted molar refractivity (Wildman–Crippen MR) is 121 cm³/mol. The topological polar surface area (TPSA) is 68.0 Å². The maximum atomic E-state index is 13.1. The molecule has 0 bridgehead atoms. The van der Waals surface area contributed by atoms with Crippen LogP contribution in [0.1, 0.15) is 32.9 Å². The van der Waals surface area contributed by atoms with Crippen molar-refractivity contribution in [3.63, 3.8) is 0 Å². The lowest BCUT2D eigenvalue weighted by atomic mass is 10.1. The van der Waals surface area contributed by atoms with E-state index in [4.69, 9.17) is 14.0 Å². The fraction of sp³-hybridized carbons (Fsp3) is 0.360. The van der Waals surface area contributed by atoms with Crippen LogP contribution in [0.5, 0.6) is 11.5 Å². The van der Waals surface area contributed by atoms with Crippen LogP contribution >= 0.6 is 0 Å². The summed E-state index contributed by atoms with van der Waals surface area (Å²) in [5.74, 6) is 1.94. The van der Waals surface area contributed by atoms with Crippen LogP contribution in [0, 0.1) is 13.8 Å². The van der Waals surface area contributed by atoms with Crippen molar-refractivity contribution < 1.29 is 18.8 Å². The highest BCUT2D eigenvalue weighted by Gasteiger charge is 2.28. The molecule has 1 amide bonds. The van der Waals surface area contributed by atoms with Crippen LogP contribution in [-0.2, 0) is 13.2 Å². The zero-order chi connectivity index (χ0) is 22.5. The van der Waals surface area contributed by atoms with Gasteiger partial charge < -0.3 is 18.9 Å². The van der Waals surface area contributed by atoms with Crippen LogP contribution < -0.4 is 9.47 Å². The molecule has 7 nitrogen and oxygen atoms in total. The first-order chi connectivity index (χ1) is 15.5. The van der Waals surface area contributed by atoms with Gasteiger partial charge >= 0.3 is 0 Å². The number of amides is 1. The Morgan fingerprint density at radius 3 is 2.28 bits per heavy atom. The average molecular weight is 436 g/mol. The molecule has 0 N–H and O–H groups in total. The maximum Gasteiger partial charge on any atom is 0.276 e. The third-order valence-corrected chi connectivity index (χ3v) is 5.82. The van der Waals surface area contributed by atoms with Gasteiger partial charge in [-0.1, -0.05) is 35.0 Å². The molecule has 0 aliphatic carbocycles. The first-order valence-corrected chi connectivity index (χ1v) is 10.8. The molecular weight excluding hydrogens is 406 g/mol.